The monoisotopic (exact) mass is 173 g/mol. The predicted octanol–water partition coefficient (Wildman–Crippen LogP) is 3.68. The molecule has 0 spiro atoms. The van der Waals surface area contributed by atoms with Gasteiger partial charge in [-0.1, -0.05) is 36.3 Å². The Morgan fingerprint density at radius 1 is 1.38 bits per heavy atom. The van der Waals surface area contributed by atoms with Crippen LogP contribution in [-0.4, -0.2) is 0 Å². The van der Waals surface area contributed by atoms with Crippen molar-refractivity contribution in [3.63, 3.8) is 0 Å². The van der Waals surface area contributed by atoms with E-state index in [0.29, 0.717) is 0 Å². The highest BCUT2D eigenvalue weighted by molar-refractivity contribution is 5.51. The summed E-state index contributed by atoms with van der Waals surface area (Å²) in [6.45, 7) is 2.21. The van der Waals surface area contributed by atoms with Gasteiger partial charge >= 0.3 is 0 Å². The summed E-state index contributed by atoms with van der Waals surface area (Å²) in [5.74, 6) is 0. The van der Waals surface area contributed by atoms with Gasteiger partial charge in [0.2, 0.25) is 0 Å². The first kappa shape index (κ1) is 8.14. The van der Waals surface area contributed by atoms with Gasteiger partial charge in [-0.3, -0.25) is 0 Å². The third-order valence-electron chi connectivity index (χ3n) is 2.71. The predicted molar refractivity (Wildman–Crippen MR) is 51.8 cm³/mol. The number of azide groups is 1. The number of hydrogen-bond acceptors (Lipinski definition) is 1. The zero-order chi connectivity index (χ0) is 9.31. The van der Waals surface area contributed by atoms with Crippen LogP contribution < -0.4 is 0 Å². The quantitative estimate of drug-likeness (QED) is 0.372. The van der Waals surface area contributed by atoms with Gasteiger partial charge in [-0.15, -0.1) is 0 Å². The van der Waals surface area contributed by atoms with Crippen LogP contribution in [0.2, 0.25) is 0 Å². The van der Waals surface area contributed by atoms with Gasteiger partial charge < -0.3 is 0 Å². The lowest BCUT2D eigenvalue weighted by Crippen LogP contribution is -1.98. The zero-order valence-corrected chi connectivity index (χ0v) is 7.57. The fourth-order valence-corrected chi connectivity index (χ4v) is 1.58. The highest BCUT2D eigenvalue weighted by Crippen LogP contribution is 2.50. The Labute approximate surface area is 77.0 Å². The second-order valence-electron chi connectivity index (χ2n) is 3.77. The minimum Gasteiger partial charge on any atom is -0.0620 e. The van der Waals surface area contributed by atoms with Crippen molar-refractivity contribution in [2.75, 3.05) is 0 Å². The van der Waals surface area contributed by atoms with Crippen LogP contribution in [-0.2, 0) is 5.41 Å². The Morgan fingerprint density at radius 3 is 2.69 bits per heavy atom. The maximum Gasteiger partial charge on any atom is 0.0412 e. The molecule has 1 aromatic rings. The molecule has 0 aliphatic heterocycles. The Morgan fingerprint density at radius 2 is 2.08 bits per heavy atom. The van der Waals surface area contributed by atoms with E-state index < -0.39 is 0 Å². The summed E-state index contributed by atoms with van der Waals surface area (Å²) in [5, 5.41) is 3.69. The number of hydrogen-bond donors (Lipinski definition) is 0. The van der Waals surface area contributed by atoms with Crippen LogP contribution in [0.4, 0.5) is 5.69 Å². The molecule has 66 valence electrons. The first-order valence-corrected chi connectivity index (χ1v) is 4.41. The molecule has 0 atom stereocenters. The lowest BCUT2D eigenvalue weighted by molar-refractivity contribution is 0.788. The van der Waals surface area contributed by atoms with Crippen LogP contribution in [0.25, 0.3) is 10.4 Å². The van der Waals surface area contributed by atoms with Gasteiger partial charge in [0, 0.05) is 10.6 Å². The molecule has 1 aliphatic rings. The van der Waals surface area contributed by atoms with Crippen LogP contribution >= 0.6 is 0 Å². The molecule has 0 heterocycles. The van der Waals surface area contributed by atoms with Crippen molar-refractivity contribution >= 4 is 5.69 Å². The summed E-state index contributed by atoms with van der Waals surface area (Å²) in [5.41, 5.74) is 10.6. The molecular formula is C10H11N3. The molecule has 0 aromatic heterocycles. The SMILES string of the molecule is CC1(c2ccccc2N=[N+]=[N-])CC1. The van der Waals surface area contributed by atoms with Gasteiger partial charge in [0.25, 0.3) is 0 Å². The third-order valence-corrected chi connectivity index (χ3v) is 2.71. The molecule has 0 amide bonds. The van der Waals surface area contributed by atoms with Gasteiger partial charge in [-0.2, -0.15) is 0 Å². The van der Waals surface area contributed by atoms with Crippen LogP contribution in [0.1, 0.15) is 25.3 Å². The number of rotatable bonds is 2. The first-order chi connectivity index (χ1) is 6.26. The summed E-state index contributed by atoms with van der Waals surface area (Å²) in [6, 6.07) is 7.82. The summed E-state index contributed by atoms with van der Waals surface area (Å²) in [6.07, 6.45) is 2.40. The highest BCUT2D eigenvalue weighted by atomic mass is 15.1. The van der Waals surface area contributed by atoms with E-state index in [1.807, 2.05) is 18.2 Å². The summed E-state index contributed by atoms with van der Waals surface area (Å²) in [7, 11) is 0. The molecular weight excluding hydrogens is 162 g/mol. The van der Waals surface area contributed by atoms with E-state index in [1.54, 1.807) is 0 Å². The van der Waals surface area contributed by atoms with E-state index in [-0.39, 0.29) is 5.41 Å². The second kappa shape index (κ2) is 2.79. The minimum absolute atomic E-state index is 0.269. The standard InChI is InChI=1S/C10H11N3/c1-10(6-7-10)8-4-2-3-5-9(8)12-13-11/h2-5H,6-7H2,1H3. The van der Waals surface area contributed by atoms with Crippen molar-refractivity contribution in [2.45, 2.75) is 25.2 Å². The molecule has 0 unspecified atom stereocenters. The number of benzene rings is 1. The lowest BCUT2D eigenvalue weighted by atomic mass is 9.97. The maximum atomic E-state index is 8.39. The smallest absolute Gasteiger partial charge is 0.0412 e. The first-order valence-electron chi connectivity index (χ1n) is 4.41. The van der Waals surface area contributed by atoms with E-state index in [0.717, 1.165) is 5.69 Å². The van der Waals surface area contributed by atoms with Gasteiger partial charge in [0.05, 0.1) is 0 Å². The molecule has 1 saturated carbocycles. The van der Waals surface area contributed by atoms with Crippen molar-refractivity contribution in [3.05, 3.63) is 40.3 Å². The average molecular weight is 173 g/mol. The van der Waals surface area contributed by atoms with Crippen molar-refractivity contribution < 1.29 is 0 Å². The fraction of sp³-hybridized carbons (Fsp3) is 0.400. The number of nitrogens with zero attached hydrogens (tertiary/aromatic N) is 3. The topological polar surface area (TPSA) is 48.8 Å². The van der Waals surface area contributed by atoms with Crippen LogP contribution in [0.5, 0.6) is 0 Å². The van der Waals surface area contributed by atoms with Gasteiger partial charge in [0.15, 0.2) is 0 Å². The normalized spacial score (nSPS) is 17.6. The second-order valence-corrected chi connectivity index (χ2v) is 3.77. The fourth-order valence-electron chi connectivity index (χ4n) is 1.58. The van der Waals surface area contributed by atoms with Gasteiger partial charge in [-0.25, -0.2) is 0 Å². The minimum atomic E-state index is 0.269. The van der Waals surface area contributed by atoms with E-state index in [9.17, 15) is 0 Å². The van der Waals surface area contributed by atoms with Crippen LogP contribution in [0.3, 0.4) is 0 Å². The Hall–Kier alpha value is -1.47. The highest BCUT2D eigenvalue weighted by Gasteiger charge is 2.40. The van der Waals surface area contributed by atoms with Crippen molar-refractivity contribution in [3.8, 4) is 0 Å². The van der Waals surface area contributed by atoms with Crippen LogP contribution in [0.15, 0.2) is 29.4 Å². The van der Waals surface area contributed by atoms with Crippen molar-refractivity contribution in [1.82, 2.24) is 0 Å². The molecule has 1 fully saturated rings. The van der Waals surface area contributed by atoms with E-state index in [1.165, 1.54) is 18.4 Å². The Kier molecular flexibility index (Phi) is 1.74. The van der Waals surface area contributed by atoms with Crippen molar-refractivity contribution in [1.29, 1.82) is 0 Å². The molecule has 3 nitrogen and oxygen atoms in total. The maximum absolute atomic E-state index is 8.39. The average Bonchev–Trinajstić information content (AvgIpc) is 2.86. The van der Waals surface area contributed by atoms with Gasteiger partial charge in [0.1, 0.15) is 0 Å². The van der Waals surface area contributed by atoms with Crippen LogP contribution in [0, 0.1) is 0 Å². The molecule has 0 radical (unpaired) electrons. The Bertz CT molecular complexity index is 374. The van der Waals surface area contributed by atoms with E-state index in [4.69, 9.17) is 5.53 Å². The molecule has 0 saturated heterocycles. The molecule has 3 heteroatoms. The lowest BCUT2D eigenvalue weighted by Gasteiger charge is -2.10. The van der Waals surface area contributed by atoms with Gasteiger partial charge in [-0.05, 0) is 29.4 Å². The molecule has 1 aliphatic carbocycles. The van der Waals surface area contributed by atoms with Crippen molar-refractivity contribution in [2.24, 2.45) is 5.11 Å². The van der Waals surface area contributed by atoms with E-state index in [2.05, 4.69) is 23.0 Å². The molecule has 0 N–H and O–H groups in total. The zero-order valence-electron chi connectivity index (χ0n) is 7.57. The van der Waals surface area contributed by atoms with E-state index >= 15 is 0 Å². The summed E-state index contributed by atoms with van der Waals surface area (Å²) < 4.78 is 0. The molecule has 1 aromatic carbocycles. The summed E-state index contributed by atoms with van der Waals surface area (Å²) >= 11 is 0. The summed E-state index contributed by atoms with van der Waals surface area (Å²) in [4.78, 5) is 2.83. The largest absolute Gasteiger partial charge is 0.0620 e. The third kappa shape index (κ3) is 1.38. The molecule has 0 bridgehead atoms. The Balaban J connectivity index is 2.49. The molecule has 13 heavy (non-hydrogen) atoms. The molecule has 2 rings (SSSR count).